The molecule has 1 aromatic heterocycles. The molecule has 1 aliphatic rings. The molecule has 0 atom stereocenters. The molecule has 3 aromatic carbocycles. The molecule has 150 valence electrons. The summed E-state index contributed by atoms with van der Waals surface area (Å²) in [5.74, 6) is 1.62. The van der Waals surface area contributed by atoms with Gasteiger partial charge in [0.05, 0.1) is 0 Å². The maximum atomic E-state index is 13.4. The first-order valence-corrected chi connectivity index (χ1v) is 9.97. The molecule has 30 heavy (non-hydrogen) atoms. The average Bonchev–Trinajstić information content (AvgIpc) is 3.44. The summed E-state index contributed by atoms with van der Waals surface area (Å²) in [6.45, 7) is 1.17. The molecule has 1 amide bonds. The van der Waals surface area contributed by atoms with Crippen LogP contribution in [0, 0.1) is 0 Å². The number of fused-ring (bicyclic) bond motifs is 2. The predicted octanol–water partition coefficient (Wildman–Crippen LogP) is 5.05. The Morgan fingerprint density at radius 2 is 1.73 bits per heavy atom. The van der Waals surface area contributed by atoms with Crippen molar-refractivity contribution in [3.63, 3.8) is 0 Å². The van der Waals surface area contributed by atoms with Crippen molar-refractivity contribution in [3.05, 3.63) is 95.7 Å². The second-order valence-electron chi connectivity index (χ2n) is 7.26. The van der Waals surface area contributed by atoms with Gasteiger partial charge in [0.2, 0.25) is 6.79 Å². The minimum atomic E-state index is -0.140. The molecule has 5 heteroatoms. The number of carbonyl (C=O) groups is 1. The zero-order chi connectivity index (χ0) is 20.3. The molecule has 0 radical (unpaired) electrons. The van der Waals surface area contributed by atoms with E-state index in [0.717, 1.165) is 17.4 Å². The summed E-state index contributed by atoms with van der Waals surface area (Å²) < 4.78 is 17.0. The summed E-state index contributed by atoms with van der Waals surface area (Å²) in [4.78, 5) is 15.2. The van der Waals surface area contributed by atoms with Crippen molar-refractivity contribution in [3.8, 4) is 11.5 Å². The number of furan rings is 1. The molecule has 0 fully saturated rings. The first kappa shape index (κ1) is 18.3. The van der Waals surface area contributed by atoms with E-state index in [1.54, 1.807) is 0 Å². The molecule has 0 spiro atoms. The molecule has 5 rings (SSSR count). The monoisotopic (exact) mass is 399 g/mol. The molecule has 0 unspecified atom stereocenters. The van der Waals surface area contributed by atoms with Gasteiger partial charge >= 0.3 is 0 Å². The van der Waals surface area contributed by atoms with Crippen LogP contribution in [-0.4, -0.2) is 24.1 Å². The number of carbonyl (C=O) groups excluding carboxylic acids is 1. The van der Waals surface area contributed by atoms with Crippen LogP contribution in [0.3, 0.4) is 0 Å². The lowest BCUT2D eigenvalue weighted by atomic mass is 10.1. The second-order valence-corrected chi connectivity index (χ2v) is 7.26. The van der Waals surface area contributed by atoms with Gasteiger partial charge in [0.1, 0.15) is 5.58 Å². The summed E-state index contributed by atoms with van der Waals surface area (Å²) in [6, 6.07) is 25.4. The van der Waals surface area contributed by atoms with Gasteiger partial charge in [0.15, 0.2) is 17.3 Å². The second kappa shape index (κ2) is 7.95. The van der Waals surface area contributed by atoms with Crippen LogP contribution in [-0.2, 0) is 13.0 Å². The largest absolute Gasteiger partial charge is 0.454 e. The molecule has 0 saturated heterocycles. The van der Waals surface area contributed by atoms with Gasteiger partial charge in [-0.3, -0.25) is 4.79 Å². The molecule has 0 aliphatic carbocycles. The number of amides is 1. The van der Waals surface area contributed by atoms with Gasteiger partial charge in [0.25, 0.3) is 5.91 Å². The minimum Gasteiger partial charge on any atom is -0.454 e. The van der Waals surface area contributed by atoms with Crippen molar-refractivity contribution in [2.75, 3.05) is 13.3 Å². The Morgan fingerprint density at radius 1 is 0.900 bits per heavy atom. The number of benzene rings is 3. The van der Waals surface area contributed by atoms with Crippen molar-refractivity contribution in [2.24, 2.45) is 0 Å². The SMILES string of the molecule is O=C(c1cc2ccccc2o1)N(CCc1ccccc1)Cc1cccc2c1OCO2. The van der Waals surface area contributed by atoms with E-state index >= 15 is 0 Å². The number of para-hydroxylation sites is 2. The van der Waals surface area contributed by atoms with E-state index in [-0.39, 0.29) is 12.7 Å². The Bertz CT molecular complexity index is 1150. The predicted molar refractivity (Wildman–Crippen MR) is 114 cm³/mol. The zero-order valence-corrected chi connectivity index (χ0v) is 16.4. The van der Waals surface area contributed by atoms with Crippen molar-refractivity contribution in [1.29, 1.82) is 0 Å². The lowest BCUT2D eigenvalue weighted by molar-refractivity contribution is 0.0714. The Balaban J connectivity index is 1.44. The number of rotatable bonds is 6. The summed E-state index contributed by atoms with van der Waals surface area (Å²) in [5, 5.41) is 0.918. The maximum absolute atomic E-state index is 13.4. The first-order valence-electron chi connectivity index (χ1n) is 9.97. The minimum absolute atomic E-state index is 0.140. The third-order valence-electron chi connectivity index (χ3n) is 5.28. The van der Waals surface area contributed by atoms with Crippen molar-refractivity contribution in [1.82, 2.24) is 4.90 Å². The van der Waals surface area contributed by atoms with Crippen LogP contribution < -0.4 is 9.47 Å². The summed E-state index contributed by atoms with van der Waals surface area (Å²) in [5.41, 5.74) is 2.81. The highest BCUT2D eigenvalue weighted by Crippen LogP contribution is 2.36. The van der Waals surface area contributed by atoms with E-state index < -0.39 is 0 Å². The third-order valence-corrected chi connectivity index (χ3v) is 5.28. The smallest absolute Gasteiger partial charge is 0.289 e. The van der Waals surface area contributed by atoms with Crippen molar-refractivity contribution >= 4 is 16.9 Å². The Labute approximate surface area is 174 Å². The van der Waals surface area contributed by atoms with Crippen molar-refractivity contribution < 1.29 is 18.7 Å². The Kier molecular flexibility index (Phi) is 4.85. The topological polar surface area (TPSA) is 51.9 Å². The van der Waals surface area contributed by atoms with Crippen LogP contribution in [0.25, 0.3) is 11.0 Å². The molecule has 5 nitrogen and oxygen atoms in total. The fourth-order valence-corrected chi connectivity index (χ4v) is 3.73. The molecule has 1 aliphatic heterocycles. The standard InChI is InChI=1S/C25H21NO4/c27-25(23-15-19-9-4-5-11-21(19)30-23)26(14-13-18-7-2-1-3-8-18)16-20-10-6-12-22-24(20)29-17-28-22/h1-12,15H,13-14,16-17H2. The lowest BCUT2D eigenvalue weighted by Gasteiger charge is -2.22. The fourth-order valence-electron chi connectivity index (χ4n) is 3.73. The van der Waals surface area contributed by atoms with Gasteiger partial charge in [0, 0.05) is 24.0 Å². The Hall–Kier alpha value is -3.73. The summed E-state index contributed by atoms with van der Waals surface area (Å²) in [6.07, 6.45) is 0.749. The van der Waals surface area contributed by atoms with E-state index in [1.807, 2.05) is 71.6 Å². The Morgan fingerprint density at radius 3 is 2.60 bits per heavy atom. The molecular formula is C25H21NO4. The number of nitrogens with zero attached hydrogens (tertiary/aromatic N) is 1. The highest BCUT2D eigenvalue weighted by atomic mass is 16.7. The van der Waals surface area contributed by atoms with Gasteiger partial charge in [-0.05, 0) is 30.2 Å². The molecule has 4 aromatic rings. The molecule has 0 saturated carbocycles. The lowest BCUT2D eigenvalue weighted by Crippen LogP contribution is -2.32. The zero-order valence-electron chi connectivity index (χ0n) is 16.4. The maximum Gasteiger partial charge on any atom is 0.289 e. The average molecular weight is 399 g/mol. The summed E-state index contributed by atoms with van der Waals surface area (Å²) >= 11 is 0. The number of hydrogen-bond donors (Lipinski definition) is 0. The summed E-state index contributed by atoms with van der Waals surface area (Å²) in [7, 11) is 0. The first-order chi connectivity index (χ1) is 14.8. The van der Waals surface area contributed by atoms with Crippen LogP contribution >= 0.6 is 0 Å². The fraction of sp³-hybridized carbons (Fsp3) is 0.160. The van der Waals surface area contributed by atoms with E-state index in [4.69, 9.17) is 13.9 Å². The van der Waals surface area contributed by atoms with Gasteiger partial charge in [-0.25, -0.2) is 0 Å². The quantitative estimate of drug-likeness (QED) is 0.455. The van der Waals surface area contributed by atoms with Crippen LogP contribution in [0.4, 0.5) is 0 Å². The van der Waals surface area contributed by atoms with E-state index in [2.05, 4.69) is 12.1 Å². The van der Waals surface area contributed by atoms with E-state index in [1.165, 1.54) is 5.56 Å². The molecule has 0 bridgehead atoms. The van der Waals surface area contributed by atoms with E-state index in [9.17, 15) is 4.79 Å². The van der Waals surface area contributed by atoms with Crippen LogP contribution in [0.1, 0.15) is 21.7 Å². The number of ether oxygens (including phenoxy) is 2. The normalized spacial score (nSPS) is 12.3. The molecule has 0 N–H and O–H groups in total. The van der Waals surface area contributed by atoms with Gasteiger partial charge in [-0.1, -0.05) is 60.7 Å². The molecular weight excluding hydrogens is 378 g/mol. The van der Waals surface area contributed by atoms with Gasteiger partial charge < -0.3 is 18.8 Å². The molecule has 2 heterocycles. The third kappa shape index (κ3) is 3.62. The van der Waals surface area contributed by atoms with Crippen LogP contribution in [0.15, 0.2) is 83.3 Å². The van der Waals surface area contributed by atoms with Crippen LogP contribution in [0.2, 0.25) is 0 Å². The van der Waals surface area contributed by atoms with Gasteiger partial charge in [-0.15, -0.1) is 0 Å². The highest BCUT2D eigenvalue weighted by molar-refractivity contribution is 5.96. The van der Waals surface area contributed by atoms with E-state index in [0.29, 0.717) is 35.9 Å². The van der Waals surface area contributed by atoms with Gasteiger partial charge in [-0.2, -0.15) is 0 Å². The van der Waals surface area contributed by atoms with Crippen molar-refractivity contribution in [2.45, 2.75) is 13.0 Å². The highest BCUT2D eigenvalue weighted by Gasteiger charge is 2.24. The van der Waals surface area contributed by atoms with Crippen LogP contribution in [0.5, 0.6) is 11.5 Å². The number of hydrogen-bond acceptors (Lipinski definition) is 4.